The number of carbonyl (C=O) groups is 1. The number of benzene rings is 3. The normalized spacial score (nSPS) is 13.2. The number of likely N-dealkylation sites (N-methyl/N-ethyl adjacent to an activating group) is 1. The van der Waals surface area contributed by atoms with Crippen LogP contribution in [0.2, 0.25) is 0 Å². The van der Waals surface area contributed by atoms with E-state index in [1.54, 1.807) is 6.92 Å². The van der Waals surface area contributed by atoms with Gasteiger partial charge in [-0.05, 0) is 49.1 Å². The molecule has 2 atom stereocenters. The number of aliphatic hydroxyl groups excluding tert-OH is 1. The highest BCUT2D eigenvalue weighted by Gasteiger charge is 2.24. The van der Waals surface area contributed by atoms with E-state index in [1.807, 2.05) is 54.4 Å². The van der Waals surface area contributed by atoms with Gasteiger partial charge in [-0.2, -0.15) is 0 Å². The number of nitrogens with one attached hydrogen (secondary N) is 1. The molecule has 2 unspecified atom stereocenters. The summed E-state index contributed by atoms with van der Waals surface area (Å²) in [6.45, 7) is 2.94. The van der Waals surface area contributed by atoms with Crippen LogP contribution in [0.3, 0.4) is 0 Å². The Balaban J connectivity index is 1.58. The average Bonchev–Trinajstić information content (AvgIpc) is 2.85. The molecule has 0 heterocycles. The first kappa shape index (κ1) is 24.4. The topological polar surface area (TPSA) is 52.6 Å². The Hall–Kier alpha value is -3.21. The lowest BCUT2D eigenvalue weighted by molar-refractivity contribution is -0.127. The quantitative estimate of drug-likeness (QED) is 0.432. The summed E-state index contributed by atoms with van der Waals surface area (Å²) in [5.41, 5.74) is 4.63. The van der Waals surface area contributed by atoms with Crippen molar-refractivity contribution in [3.63, 3.8) is 0 Å². The second-order valence-electron chi connectivity index (χ2n) is 8.43. The van der Waals surface area contributed by atoms with E-state index in [0.717, 1.165) is 18.5 Å². The van der Waals surface area contributed by atoms with Crippen molar-refractivity contribution in [2.75, 3.05) is 13.6 Å². The van der Waals surface area contributed by atoms with E-state index in [2.05, 4.69) is 59.9 Å². The van der Waals surface area contributed by atoms with Crippen LogP contribution in [0.15, 0.2) is 91.0 Å². The first-order valence-electron chi connectivity index (χ1n) is 11.6. The molecule has 172 valence electrons. The van der Waals surface area contributed by atoms with Gasteiger partial charge in [0.2, 0.25) is 5.91 Å². The molecule has 0 aliphatic rings. The lowest BCUT2D eigenvalue weighted by atomic mass is 9.99. The second kappa shape index (κ2) is 12.7. The summed E-state index contributed by atoms with van der Waals surface area (Å²) in [5.74, 6) is -0.0549. The van der Waals surface area contributed by atoms with Crippen LogP contribution in [-0.4, -0.2) is 41.7 Å². The van der Waals surface area contributed by atoms with E-state index in [9.17, 15) is 9.90 Å². The zero-order valence-corrected chi connectivity index (χ0v) is 19.5. The molecule has 2 N–H and O–H groups in total. The van der Waals surface area contributed by atoms with Crippen LogP contribution in [0, 0.1) is 0 Å². The standard InChI is InChI=1S/C29H34N2O2/c1-23(32)21-28(29(33)30-22-24-13-5-3-6-14-24)31(2)20-12-11-18-26-17-9-10-19-27(26)25-15-7-4-8-16-25/h3-11,13-19,23,28,32H,12,20-22H2,1-2H3,(H,30,33)/b18-11+. The van der Waals surface area contributed by atoms with Crippen molar-refractivity contribution in [1.29, 1.82) is 0 Å². The van der Waals surface area contributed by atoms with E-state index >= 15 is 0 Å². The van der Waals surface area contributed by atoms with Crippen molar-refractivity contribution in [3.8, 4) is 11.1 Å². The SMILES string of the molecule is CC(O)CC(C(=O)NCc1ccccc1)N(C)CC/C=C/c1ccccc1-c1ccccc1. The van der Waals surface area contributed by atoms with Crippen molar-refractivity contribution in [3.05, 3.63) is 102 Å². The summed E-state index contributed by atoms with van der Waals surface area (Å²) in [4.78, 5) is 14.9. The summed E-state index contributed by atoms with van der Waals surface area (Å²) in [6.07, 6.45) is 4.96. The first-order valence-corrected chi connectivity index (χ1v) is 11.6. The number of carbonyl (C=O) groups excluding carboxylic acids is 1. The maximum absolute atomic E-state index is 12.9. The van der Waals surface area contributed by atoms with Gasteiger partial charge in [0.1, 0.15) is 0 Å². The van der Waals surface area contributed by atoms with Crippen molar-refractivity contribution in [1.82, 2.24) is 10.2 Å². The summed E-state index contributed by atoms with van der Waals surface area (Å²) in [6, 6.07) is 28.2. The third-order valence-corrected chi connectivity index (χ3v) is 5.70. The molecule has 3 rings (SSSR count). The number of hydrogen-bond acceptors (Lipinski definition) is 3. The molecule has 0 fully saturated rings. The summed E-state index contributed by atoms with van der Waals surface area (Å²) >= 11 is 0. The van der Waals surface area contributed by atoms with Gasteiger partial charge in [0.25, 0.3) is 0 Å². The summed E-state index contributed by atoms with van der Waals surface area (Å²) in [5, 5.41) is 13.0. The predicted octanol–water partition coefficient (Wildman–Crippen LogP) is 5.14. The lowest BCUT2D eigenvalue weighted by Gasteiger charge is -2.28. The Morgan fingerprint density at radius 3 is 2.30 bits per heavy atom. The van der Waals surface area contributed by atoms with Gasteiger partial charge in [-0.1, -0.05) is 97.1 Å². The van der Waals surface area contributed by atoms with Gasteiger partial charge in [0.05, 0.1) is 12.1 Å². The maximum Gasteiger partial charge on any atom is 0.237 e. The van der Waals surface area contributed by atoms with Crippen LogP contribution in [-0.2, 0) is 11.3 Å². The average molecular weight is 443 g/mol. The van der Waals surface area contributed by atoms with Gasteiger partial charge in [-0.15, -0.1) is 0 Å². The number of rotatable bonds is 11. The maximum atomic E-state index is 12.9. The highest BCUT2D eigenvalue weighted by Crippen LogP contribution is 2.24. The zero-order valence-electron chi connectivity index (χ0n) is 19.5. The summed E-state index contributed by atoms with van der Waals surface area (Å²) < 4.78 is 0. The van der Waals surface area contributed by atoms with E-state index < -0.39 is 6.10 Å². The third-order valence-electron chi connectivity index (χ3n) is 5.70. The zero-order chi connectivity index (χ0) is 23.5. The van der Waals surface area contributed by atoms with Gasteiger partial charge >= 0.3 is 0 Å². The molecule has 0 aromatic heterocycles. The lowest BCUT2D eigenvalue weighted by Crippen LogP contribution is -2.46. The van der Waals surface area contributed by atoms with Gasteiger partial charge < -0.3 is 10.4 Å². The Labute approximate surface area is 197 Å². The van der Waals surface area contributed by atoms with Crippen LogP contribution in [0.1, 0.15) is 30.9 Å². The molecule has 0 saturated heterocycles. The van der Waals surface area contributed by atoms with Gasteiger partial charge in [0, 0.05) is 13.1 Å². The molecule has 0 bridgehead atoms. The Kier molecular flexibility index (Phi) is 9.43. The molecule has 4 nitrogen and oxygen atoms in total. The van der Waals surface area contributed by atoms with Gasteiger partial charge in [-0.3, -0.25) is 9.69 Å². The molecule has 0 aliphatic carbocycles. The molecule has 0 aliphatic heterocycles. The highest BCUT2D eigenvalue weighted by atomic mass is 16.3. The Morgan fingerprint density at radius 2 is 1.61 bits per heavy atom. The molecule has 0 radical (unpaired) electrons. The van der Waals surface area contributed by atoms with Crippen LogP contribution in [0.5, 0.6) is 0 Å². The molecule has 0 saturated carbocycles. The van der Waals surface area contributed by atoms with Crippen molar-refractivity contribution in [2.45, 2.75) is 38.5 Å². The Bertz CT molecular complexity index is 1020. The number of aliphatic hydroxyl groups is 1. The minimum absolute atomic E-state index is 0.0549. The molecular formula is C29H34N2O2. The van der Waals surface area contributed by atoms with Crippen molar-refractivity contribution in [2.24, 2.45) is 0 Å². The largest absolute Gasteiger partial charge is 0.393 e. The fourth-order valence-electron chi connectivity index (χ4n) is 3.88. The minimum Gasteiger partial charge on any atom is -0.393 e. The molecule has 4 heteroatoms. The minimum atomic E-state index is -0.548. The monoisotopic (exact) mass is 442 g/mol. The highest BCUT2D eigenvalue weighted by molar-refractivity contribution is 5.81. The molecule has 3 aromatic rings. The molecule has 0 spiro atoms. The first-order chi connectivity index (χ1) is 16.0. The predicted molar refractivity (Wildman–Crippen MR) is 137 cm³/mol. The van der Waals surface area contributed by atoms with E-state index in [-0.39, 0.29) is 11.9 Å². The number of hydrogen-bond donors (Lipinski definition) is 2. The fraction of sp³-hybridized carbons (Fsp3) is 0.276. The van der Waals surface area contributed by atoms with Crippen LogP contribution in [0.25, 0.3) is 17.2 Å². The van der Waals surface area contributed by atoms with Crippen LogP contribution < -0.4 is 5.32 Å². The molecular weight excluding hydrogens is 408 g/mol. The molecule has 3 aromatic carbocycles. The smallest absolute Gasteiger partial charge is 0.237 e. The van der Waals surface area contributed by atoms with E-state index in [0.29, 0.717) is 13.0 Å². The van der Waals surface area contributed by atoms with Crippen molar-refractivity contribution >= 4 is 12.0 Å². The third kappa shape index (κ3) is 7.70. The van der Waals surface area contributed by atoms with Crippen LogP contribution in [0.4, 0.5) is 0 Å². The fourth-order valence-corrected chi connectivity index (χ4v) is 3.88. The molecule has 1 amide bonds. The number of nitrogens with zero attached hydrogens (tertiary/aromatic N) is 1. The van der Waals surface area contributed by atoms with Gasteiger partial charge in [0.15, 0.2) is 0 Å². The van der Waals surface area contributed by atoms with Gasteiger partial charge in [-0.25, -0.2) is 0 Å². The Morgan fingerprint density at radius 1 is 0.970 bits per heavy atom. The molecule has 33 heavy (non-hydrogen) atoms. The van der Waals surface area contributed by atoms with Crippen LogP contribution >= 0.6 is 0 Å². The van der Waals surface area contributed by atoms with Crippen molar-refractivity contribution < 1.29 is 9.90 Å². The second-order valence-corrected chi connectivity index (χ2v) is 8.43. The van der Waals surface area contributed by atoms with E-state index in [1.165, 1.54) is 16.7 Å². The number of amides is 1. The van der Waals surface area contributed by atoms with E-state index in [4.69, 9.17) is 0 Å². The summed E-state index contributed by atoms with van der Waals surface area (Å²) in [7, 11) is 1.95.